The molecule has 0 spiro atoms. The highest BCUT2D eigenvalue weighted by atomic mass is 32.1. The molecule has 4 rings (SSSR count). The van der Waals surface area contributed by atoms with E-state index in [1.54, 1.807) is 12.1 Å². The van der Waals surface area contributed by atoms with Gasteiger partial charge in [-0.05, 0) is 86.2 Å². The van der Waals surface area contributed by atoms with Crippen LogP contribution in [0.1, 0.15) is 40.7 Å². The predicted molar refractivity (Wildman–Crippen MR) is 213 cm³/mol. The molecule has 0 saturated heterocycles. The van der Waals surface area contributed by atoms with Crippen molar-refractivity contribution in [2.45, 2.75) is 38.9 Å². The number of nitrogens with one attached hydrogen (secondary N) is 3. The smallest absolute Gasteiger partial charge is 0.480 e. The Labute approximate surface area is 332 Å². The Morgan fingerprint density at radius 1 is 0.857 bits per heavy atom. The van der Waals surface area contributed by atoms with Crippen LogP contribution in [0.2, 0.25) is 0 Å². The number of pyridine rings is 1. The Bertz CT molecular complexity index is 1750. The molecular weight excluding hydrogens is 743 g/mol. The lowest BCUT2D eigenvalue weighted by Gasteiger charge is -2.35. The zero-order chi connectivity index (χ0) is 40.3. The number of carboxylic acid groups (broad SMARTS) is 2. The van der Waals surface area contributed by atoms with Crippen molar-refractivity contribution in [3.63, 3.8) is 0 Å². The zero-order valence-corrected chi connectivity index (χ0v) is 32.6. The summed E-state index contributed by atoms with van der Waals surface area (Å²) in [6.07, 6.45) is 0.426. The number of nitrogens with zero attached hydrogens (tertiary/aromatic N) is 4. The minimum absolute atomic E-state index is 0.0146. The Kier molecular flexibility index (Phi) is 17.9. The first-order chi connectivity index (χ1) is 27.0. The number of aliphatic carboxylic acids is 2. The van der Waals surface area contributed by atoms with Crippen LogP contribution in [0.4, 0.5) is 10.5 Å². The van der Waals surface area contributed by atoms with Gasteiger partial charge in [0.05, 0.1) is 37.7 Å². The van der Waals surface area contributed by atoms with Crippen molar-refractivity contribution in [1.82, 2.24) is 30.3 Å². The lowest BCUT2D eigenvalue weighted by atomic mass is 10.0. The molecule has 2 heterocycles. The van der Waals surface area contributed by atoms with Crippen molar-refractivity contribution in [1.29, 1.82) is 0 Å². The fourth-order valence-corrected chi connectivity index (χ4v) is 6.16. The van der Waals surface area contributed by atoms with Crippen LogP contribution in [0.25, 0.3) is 0 Å². The first-order valence-electron chi connectivity index (χ1n) is 18.4. The van der Waals surface area contributed by atoms with Gasteiger partial charge in [-0.1, -0.05) is 25.1 Å². The number of benzene rings is 2. The number of hydrogen-bond acceptors (Lipinski definition) is 12. The maximum atomic E-state index is 12.0. The molecule has 2 aromatic carbocycles. The van der Waals surface area contributed by atoms with Gasteiger partial charge in [-0.25, -0.2) is 4.79 Å². The quantitative estimate of drug-likeness (QED) is 0.0579. The number of amides is 1. The Hall–Kier alpha value is -5.20. The second-order valence-corrected chi connectivity index (χ2v) is 13.7. The van der Waals surface area contributed by atoms with Crippen LogP contribution in [-0.4, -0.2) is 138 Å². The summed E-state index contributed by atoms with van der Waals surface area (Å²) in [5, 5.41) is 28.9. The van der Waals surface area contributed by atoms with Crippen LogP contribution in [-0.2, 0) is 38.6 Å². The number of likely N-dealkylation sites (N-methyl/N-ethyl adjacent to an activating group) is 1. The number of hydrogen-bond donors (Lipinski definition) is 5. The fourth-order valence-electron chi connectivity index (χ4n) is 5.94. The maximum Gasteiger partial charge on any atom is 0.513 e. The Morgan fingerprint density at radius 3 is 2.27 bits per heavy atom. The van der Waals surface area contributed by atoms with Crippen LogP contribution in [0, 0.1) is 0 Å². The van der Waals surface area contributed by atoms with Gasteiger partial charge in [0.15, 0.2) is 5.11 Å². The minimum atomic E-state index is -0.976. The topological polar surface area (TPSA) is 195 Å². The van der Waals surface area contributed by atoms with Crippen molar-refractivity contribution >= 4 is 47.0 Å². The molecule has 0 radical (unpaired) electrons. The molecule has 302 valence electrons. The molecular formula is C39H51N7O9S. The van der Waals surface area contributed by atoms with E-state index >= 15 is 0 Å². The molecule has 16 nitrogen and oxygen atoms in total. The summed E-state index contributed by atoms with van der Waals surface area (Å²) in [6.45, 7) is 5.36. The highest BCUT2D eigenvalue weighted by molar-refractivity contribution is 7.80. The van der Waals surface area contributed by atoms with Crippen molar-refractivity contribution in [3.8, 4) is 5.75 Å². The molecule has 1 aliphatic rings. The standard InChI is InChI=1S/C39H51N7O9S/c1-3-15-40-37(51)29-9-13-34(14-10-29)55-39(52)54-21-20-53-19-16-41-38(56)43-30-11-7-28(8-12-30)22-33-25-45(26-35(47)48)18-17-44(2)23-31-5-4-6-32(42-31)24-46(33)27-36(49)50/h4-14,33H,3,15-27H2,1-2H3,(H,40,51)(H,47,48)(H,49,50)(H2,41,43,56). The average Bonchev–Trinajstić information content (AvgIpc) is 3.15. The molecule has 56 heavy (non-hydrogen) atoms. The number of carboxylic acids is 2. The van der Waals surface area contributed by atoms with E-state index < -0.39 is 18.1 Å². The number of rotatable bonds is 17. The molecule has 0 fully saturated rings. The van der Waals surface area contributed by atoms with Crippen molar-refractivity contribution in [2.24, 2.45) is 0 Å². The van der Waals surface area contributed by atoms with E-state index in [-0.39, 0.29) is 44.0 Å². The molecule has 0 saturated carbocycles. The molecule has 3 aromatic rings. The summed E-state index contributed by atoms with van der Waals surface area (Å²) in [7, 11) is 1.97. The SMILES string of the molecule is CCCNC(=O)c1ccc(OC(=O)OCCOCCNC(=S)Nc2ccc(CC3CN(CC(=O)O)CCN(C)Cc4cccc(n4)CN3CC(=O)O)cc2)cc1. The summed E-state index contributed by atoms with van der Waals surface area (Å²) < 4.78 is 15.7. The van der Waals surface area contributed by atoms with Crippen molar-refractivity contribution in [2.75, 3.05) is 78.0 Å². The van der Waals surface area contributed by atoms with Crippen molar-refractivity contribution < 1.29 is 43.6 Å². The average molecular weight is 794 g/mol. The normalized spacial score (nSPS) is 15.4. The van der Waals surface area contributed by atoms with Gasteiger partial charge in [-0.2, -0.15) is 0 Å². The first kappa shape index (κ1) is 43.5. The van der Waals surface area contributed by atoms with E-state index in [4.69, 9.17) is 31.4 Å². The van der Waals surface area contributed by atoms with Gasteiger partial charge in [0, 0.05) is 63.1 Å². The monoisotopic (exact) mass is 793 g/mol. The van der Waals surface area contributed by atoms with Crippen LogP contribution < -0.4 is 20.7 Å². The summed E-state index contributed by atoms with van der Waals surface area (Å²) in [5.41, 5.74) is 3.77. The summed E-state index contributed by atoms with van der Waals surface area (Å²) in [5.74, 6) is -1.86. The predicted octanol–water partition coefficient (Wildman–Crippen LogP) is 3.07. The number of carbonyl (C=O) groups excluding carboxylic acids is 2. The molecule has 1 atom stereocenters. The number of thiocarbonyl (C=S) groups is 1. The molecule has 1 unspecified atom stereocenters. The highest BCUT2D eigenvalue weighted by Gasteiger charge is 2.26. The maximum absolute atomic E-state index is 12.0. The van der Waals surface area contributed by atoms with Gasteiger partial charge in [0.1, 0.15) is 12.4 Å². The Morgan fingerprint density at radius 2 is 1.57 bits per heavy atom. The van der Waals surface area contributed by atoms with Gasteiger partial charge >= 0.3 is 18.1 Å². The van der Waals surface area contributed by atoms with Gasteiger partial charge < -0.3 is 40.4 Å². The van der Waals surface area contributed by atoms with Crippen LogP contribution >= 0.6 is 12.2 Å². The van der Waals surface area contributed by atoms with Gasteiger partial charge in [0.2, 0.25) is 0 Å². The summed E-state index contributed by atoms with van der Waals surface area (Å²) >= 11 is 5.43. The second kappa shape index (κ2) is 23.0. The van der Waals surface area contributed by atoms with Crippen molar-refractivity contribution in [3.05, 3.63) is 89.2 Å². The van der Waals surface area contributed by atoms with Gasteiger partial charge in [0.25, 0.3) is 5.91 Å². The number of carbonyl (C=O) groups is 4. The molecule has 1 aliphatic heterocycles. The molecule has 17 heteroatoms. The number of anilines is 1. The summed E-state index contributed by atoms with van der Waals surface area (Å²) in [4.78, 5) is 58.5. The van der Waals surface area contributed by atoms with E-state index in [9.17, 15) is 29.4 Å². The van der Waals surface area contributed by atoms with E-state index in [1.807, 2.05) is 66.2 Å². The van der Waals surface area contributed by atoms with E-state index in [0.717, 1.165) is 29.1 Å². The van der Waals surface area contributed by atoms with E-state index in [2.05, 4.69) is 20.9 Å². The van der Waals surface area contributed by atoms with Gasteiger partial charge in [-0.15, -0.1) is 0 Å². The van der Waals surface area contributed by atoms with Crippen LogP contribution in [0.15, 0.2) is 66.7 Å². The van der Waals surface area contributed by atoms with Gasteiger partial charge in [-0.3, -0.25) is 34.1 Å². The largest absolute Gasteiger partial charge is 0.513 e. The lowest BCUT2D eigenvalue weighted by Crippen LogP contribution is -2.49. The fraction of sp³-hybridized carbons (Fsp3) is 0.436. The lowest BCUT2D eigenvalue weighted by molar-refractivity contribution is -0.141. The third-order valence-corrected chi connectivity index (χ3v) is 8.90. The Balaban J connectivity index is 1.22. The van der Waals surface area contributed by atoms with Crippen LogP contribution in [0.3, 0.4) is 0 Å². The molecule has 0 aliphatic carbocycles. The van der Waals surface area contributed by atoms with E-state index in [0.29, 0.717) is 69.5 Å². The number of ether oxygens (including phenoxy) is 3. The first-order valence-corrected chi connectivity index (χ1v) is 18.9. The van der Waals surface area contributed by atoms with E-state index in [1.165, 1.54) is 12.1 Å². The molecule has 5 N–H and O–H groups in total. The van der Waals surface area contributed by atoms with Crippen LogP contribution in [0.5, 0.6) is 5.75 Å². The molecule has 2 bridgehead atoms. The minimum Gasteiger partial charge on any atom is -0.480 e. The molecule has 1 amide bonds. The number of fused-ring (bicyclic) bond motifs is 2. The molecule has 1 aromatic heterocycles. The third-order valence-electron chi connectivity index (χ3n) is 8.66. The highest BCUT2D eigenvalue weighted by Crippen LogP contribution is 2.18. The zero-order valence-electron chi connectivity index (χ0n) is 31.8. The third kappa shape index (κ3) is 15.9. The number of aromatic nitrogens is 1. The second-order valence-electron chi connectivity index (χ2n) is 13.3. The summed E-state index contributed by atoms with van der Waals surface area (Å²) in [6, 6.07) is 19.2.